The van der Waals surface area contributed by atoms with Crippen LogP contribution in [0.4, 0.5) is 0 Å². The molecule has 2 aromatic rings. The van der Waals surface area contributed by atoms with E-state index in [-0.39, 0.29) is 0 Å². The lowest BCUT2D eigenvalue weighted by Gasteiger charge is -2.09. The van der Waals surface area contributed by atoms with E-state index in [0.717, 1.165) is 26.7 Å². The second kappa shape index (κ2) is 7.87. The number of benzene rings is 1. The Morgan fingerprint density at radius 1 is 1.30 bits per heavy atom. The Balaban J connectivity index is 2.08. The molecule has 0 aliphatic carbocycles. The zero-order valence-electron chi connectivity index (χ0n) is 11.7. The number of hydrogen-bond acceptors (Lipinski definition) is 7. The maximum atomic E-state index is 5.42. The van der Waals surface area contributed by atoms with Crippen molar-refractivity contribution in [2.24, 2.45) is 0 Å². The average Bonchev–Trinajstić information content (AvgIpc) is 2.93. The Bertz CT molecular complexity index is 560. The van der Waals surface area contributed by atoms with Gasteiger partial charge in [0.05, 0.1) is 7.11 Å². The number of rotatable bonds is 7. The van der Waals surface area contributed by atoms with Gasteiger partial charge in [-0.2, -0.15) is 0 Å². The smallest absolute Gasteiger partial charge is 0.175 e. The molecule has 7 heteroatoms. The summed E-state index contributed by atoms with van der Waals surface area (Å²) in [6.07, 6.45) is 2.01. The molecule has 0 saturated carbocycles. The van der Waals surface area contributed by atoms with Crippen LogP contribution >= 0.6 is 34.9 Å². The summed E-state index contributed by atoms with van der Waals surface area (Å²) in [5.74, 6) is 1.76. The first-order chi connectivity index (χ1) is 9.76. The standard InChI is InChI=1S/C13H17N3OS3/c1-14-7-9-4-5-11(17-2)10(6-9)8-19-13-16-15-12(18-3)20-13/h4-6,14H,7-8H2,1-3H3. The predicted molar refractivity (Wildman–Crippen MR) is 87.0 cm³/mol. The molecule has 0 radical (unpaired) electrons. The zero-order valence-corrected chi connectivity index (χ0v) is 14.1. The monoisotopic (exact) mass is 327 g/mol. The van der Waals surface area contributed by atoms with E-state index >= 15 is 0 Å². The van der Waals surface area contributed by atoms with Crippen LogP contribution < -0.4 is 10.1 Å². The van der Waals surface area contributed by atoms with Crippen molar-refractivity contribution in [1.29, 1.82) is 0 Å². The van der Waals surface area contributed by atoms with E-state index in [1.54, 1.807) is 42.0 Å². The van der Waals surface area contributed by atoms with E-state index in [1.165, 1.54) is 11.1 Å². The summed E-state index contributed by atoms with van der Waals surface area (Å²) in [4.78, 5) is 0. The Hall–Kier alpha value is -0.760. The van der Waals surface area contributed by atoms with Crippen molar-refractivity contribution < 1.29 is 4.74 Å². The van der Waals surface area contributed by atoms with E-state index in [4.69, 9.17) is 4.74 Å². The number of nitrogens with zero attached hydrogens (tertiary/aromatic N) is 2. The fraction of sp³-hybridized carbons (Fsp3) is 0.385. The third-order valence-electron chi connectivity index (χ3n) is 2.64. The first-order valence-electron chi connectivity index (χ1n) is 6.07. The zero-order chi connectivity index (χ0) is 14.4. The van der Waals surface area contributed by atoms with Gasteiger partial charge in [-0.25, -0.2) is 0 Å². The largest absolute Gasteiger partial charge is 0.496 e. The molecule has 1 N–H and O–H groups in total. The van der Waals surface area contributed by atoms with Crippen LogP contribution in [0.5, 0.6) is 5.75 Å². The van der Waals surface area contributed by atoms with Crippen molar-refractivity contribution in [1.82, 2.24) is 15.5 Å². The summed E-state index contributed by atoms with van der Waals surface area (Å²) in [6.45, 7) is 0.858. The number of thioether (sulfide) groups is 2. The fourth-order valence-corrected chi connectivity index (χ4v) is 4.15. The highest BCUT2D eigenvalue weighted by molar-refractivity contribution is 8.02. The molecular formula is C13H17N3OS3. The Labute approximate surface area is 131 Å². The van der Waals surface area contributed by atoms with Gasteiger partial charge in [-0.05, 0) is 31.0 Å². The van der Waals surface area contributed by atoms with E-state index in [0.29, 0.717) is 0 Å². The highest BCUT2D eigenvalue weighted by atomic mass is 32.2. The van der Waals surface area contributed by atoms with Gasteiger partial charge in [-0.3, -0.25) is 0 Å². The lowest BCUT2D eigenvalue weighted by Crippen LogP contribution is -2.05. The Morgan fingerprint density at radius 3 is 2.75 bits per heavy atom. The first-order valence-corrected chi connectivity index (χ1v) is 9.10. The van der Waals surface area contributed by atoms with Crippen LogP contribution in [0.1, 0.15) is 11.1 Å². The third kappa shape index (κ3) is 4.12. The molecule has 0 aliphatic heterocycles. The normalized spacial score (nSPS) is 10.8. The predicted octanol–water partition coefficient (Wildman–Crippen LogP) is 3.28. The van der Waals surface area contributed by atoms with Gasteiger partial charge in [-0.1, -0.05) is 40.9 Å². The van der Waals surface area contributed by atoms with Gasteiger partial charge in [-0.15, -0.1) is 10.2 Å². The molecule has 0 bridgehead atoms. The molecule has 0 unspecified atom stereocenters. The topological polar surface area (TPSA) is 47.0 Å². The molecule has 1 aromatic carbocycles. The molecule has 0 fully saturated rings. The van der Waals surface area contributed by atoms with Crippen molar-refractivity contribution in [3.05, 3.63) is 29.3 Å². The van der Waals surface area contributed by atoms with Gasteiger partial charge >= 0.3 is 0 Å². The molecule has 0 saturated heterocycles. The highest BCUT2D eigenvalue weighted by Gasteiger charge is 2.08. The number of methoxy groups -OCH3 is 1. The molecule has 1 heterocycles. The van der Waals surface area contributed by atoms with Gasteiger partial charge in [0.1, 0.15) is 5.75 Å². The van der Waals surface area contributed by atoms with Gasteiger partial charge in [0.25, 0.3) is 0 Å². The summed E-state index contributed by atoms with van der Waals surface area (Å²) < 4.78 is 7.42. The highest BCUT2D eigenvalue weighted by Crippen LogP contribution is 2.32. The molecule has 108 valence electrons. The van der Waals surface area contributed by atoms with Gasteiger partial charge < -0.3 is 10.1 Å². The molecular weight excluding hydrogens is 310 g/mol. The SMILES string of the molecule is CNCc1ccc(OC)c(CSc2nnc(SC)s2)c1. The van der Waals surface area contributed by atoms with Crippen molar-refractivity contribution in [3.8, 4) is 5.75 Å². The molecule has 0 atom stereocenters. The Kier molecular flexibility index (Phi) is 6.15. The van der Waals surface area contributed by atoms with Crippen molar-refractivity contribution >= 4 is 34.9 Å². The maximum absolute atomic E-state index is 5.42. The fourth-order valence-electron chi connectivity index (χ4n) is 1.74. The summed E-state index contributed by atoms with van der Waals surface area (Å²) in [7, 11) is 3.65. The van der Waals surface area contributed by atoms with Crippen LogP contribution in [0, 0.1) is 0 Å². The number of hydrogen-bond donors (Lipinski definition) is 1. The number of ether oxygens (including phenoxy) is 1. The molecule has 1 aromatic heterocycles. The summed E-state index contributed by atoms with van der Waals surface area (Å²) in [6, 6.07) is 6.29. The second-order valence-electron chi connectivity index (χ2n) is 4.00. The average molecular weight is 328 g/mol. The second-order valence-corrected chi connectivity index (χ2v) is 7.26. The van der Waals surface area contributed by atoms with Crippen molar-refractivity contribution in [2.75, 3.05) is 20.4 Å². The molecule has 20 heavy (non-hydrogen) atoms. The lowest BCUT2D eigenvalue weighted by molar-refractivity contribution is 0.411. The van der Waals surface area contributed by atoms with Crippen molar-refractivity contribution in [3.63, 3.8) is 0 Å². The van der Waals surface area contributed by atoms with Gasteiger partial charge in [0, 0.05) is 17.9 Å². The minimum atomic E-state index is 0.837. The molecule has 0 amide bonds. The lowest BCUT2D eigenvalue weighted by atomic mass is 10.1. The quantitative estimate of drug-likeness (QED) is 0.788. The minimum Gasteiger partial charge on any atom is -0.496 e. The first kappa shape index (κ1) is 15.6. The molecule has 0 spiro atoms. The number of nitrogens with one attached hydrogen (secondary N) is 1. The van der Waals surface area contributed by atoms with Crippen molar-refractivity contribution in [2.45, 2.75) is 21.0 Å². The molecule has 0 aliphatic rings. The Morgan fingerprint density at radius 2 is 2.10 bits per heavy atom. The third-order valence-corrected chi connectivity index (χ3v) is 5.72. The van der Waals surface area contributed by atoms with E-state index in [1.807, 2.05) is 19.4 Å². The minimum absolute atomic E-state index is 0.837. The van der Waals surface area contributed by atoms with E-state index in [2.05, 4.69) is 27.6 Å². The summed E-state index contributed by atoms with van der Waals surface area (Å²) in [5.41, 5.74) is 2.44. The van der Waals surface area contributed by atoms with Crippen LogP contribution in [0.3, 0.4) is 0 Å². The summed E-state index contributed by atoms with van der Waals surface area (Å²) >= 11 is 4.95. The maximum Gasteiger partial charge on any atom is 0.175 e. The summed E-state index contributed by atoms with van der Waals surface area (Å²) in [5, 5.41) is 11.4. The van der Waals surface area contributed by atoms with Crippen LogP contribution in [-0.2, 0) is 12.3 Å². The van der Waals surface area contributed by atoms with Crippen LogP contribution in [-0.4, -0.2) is 30.6 Å². The molecule has 2 rings (SSSR count). The van der Waals surface area contributed by atoms with Gasteiger partial charge in [0.2, 0.25) is 0 Å². The molecule has 4 nitrogen and oxygen atoms in total. The van der Waals surface area contributed by atoms with Crippen LogP contribution in [0.2, 0.25) is 0 Å². The van der Waals surface area contributed by atoms with Crippen LogP contribution in [0.25, 0.3) is 0 Å². The number of aromatic nitrogens is 2. The van der Waals surface area contributed by atoms with E-state index in [9.17, 15) is 0 Å². The van der Waals surface area contributed by atoms with Gasteiger partial charge in [0.15, 0.2) is 8.68 Å². The van der Waals surface area contributed by atoms with E-state index < -0.39 is 0 Å². The van der Waals surface area contributed by atoms with Crippen LogP contribution in [0.15, 0.2) is 26.9 Å².